The molecule has 0 fully saturated rings. The molecule has 0 atom stereocenters. The van der Waals surface area contributed by atoms with Crippen molar-refractivity contribution in [3.8, 4) is 0 Å². The molecule has 0 aliphatic heterocycles. The Balaban J connectivity index is 3.49. The van der Waals surface area contributed by atoms with E-state index in [9.17, 15) is 20.2 Å². The third-order valence-electron chi connectivity index (χ3n) is 1.43. The molecule has 74 valence electrons. The lowest BCUT2D eigenvalue weighted by Crippen LogP contribution is -1.95. The molecule has 8 heteroatoms. The Morgan fingerprint density at radius 1 is 1.07 bits per heavy atom. The Morgan fingerprint density at radius 2 is 1.64 bits per heavy atom. The molecular weight excluding hydrogens is 235 g/mol. The van der Waals surface area contributed by atoms with Crippen LogP contribution in [0.5, 0.6) is 0 Å². The normalized spacial score (nSPS) is 9.86. The second-order valence-corrected chi connectivity index (χ2v) is 3.03. The fourth-order valence-corrected chi connectivity index (χ4v) is 1.42. The molecule has 1 aromatic carbocycles. The maximum atomic E-state index is 10.4. The topological polar surface area (TPSA) is 86.3 Å². The number of hydrogen-bond donors (Lipinski definition) is 0. The van der Waals surface area contributed by atoms with E-state index in [4.69, 9.17) is 23.2 Å². The fourth-order valence-electron chi connectivity index (χ4n) is 0.839. The Kier molecular flexibility index (Phi) is 2.87. The molecule has 0 saturated carbocycles. The summed E-state index contributed by atoms with van der Waals surface area (Å²) in [4.78, 5) is 19.1. The lowest BCUT2D eigenvalue weighted by molar-refractivity contribution is -0.393. The summed E-state index contributed by atoms with van der Waals surface area (Å²) in [5, 5.41) is 20.0. The molecular formula is C6H2Cl2N2O4. The molecule has 0 aliphatic rings. The summed E-state index contributed by atoms with van der Waals surface area (Å²) in [7, 11) is 0. The number of benzene rings is 1. The van der Waals surface area contributed by atoms with E-state index in [1.54, 1.807) is 0 Å². The van der Waals surface area contributed by atoms with Crippen molar-refractivity contribution in [2.24, 2.45) is 0 Å². The summed E-state index contributed by atoms with van der Waals surface area (Å²) in [6.07, 6.45) is 0. The van der Waals surface area contributed by atoms with Gasteiger partial charge in [0.15, 0.2) is 5.02 Å². The molecule has 14 heavy (non-hydrogen) atoms. The van der Waals surface area contributed by atoms with E-state index in [-0.39, 0.29) is 5.02 Å². The fraction of sp³-hybridized carbons (Fsp3) is 0. The molecule has 0 aliphatic carbocycles. The first-order valence-electron chi connectivity index (χ1n) is 3.22. The standard InChI is InChI=1S/C6H2Cl2N2O4/c7-3-1-2-4(9(11)12)5(8)6(3)10(13)14/h1-2H. The largest absolute Gasteiger partial charge is 0.313 e. The molecule has 0 unspecified atom stereocenters. The van der Waals surface area contributed by atoms with Crippen LogP contribution in [0, 0.1) is 20.2 Å². The van der Waals surface area contributed by atoms with Gasteiger partial charge in [0.05, 0.1) is 9.85 Å². The van der Waals surface area contributed by atoms with Crippen molar-refractivity contribution in [3.05, 3.63) is 42.4 Å². The number of nitrogens with zero attached hydrogens (tertiary/aromatic N) is 2. The average molecular weight is 237 g/mol. The number of nitro benzene ring substituents is 2. The van der Waals surface area contributed by atoms with Gasteiger partial charge in [0.2, 0.25) is 0 Å². The average Bonchev–Trinajstić information content (AvgIpc) is 2.02. The maximum Gasteiger partial charge on any atom is 0.313 e. The minimum absolute atomic E-state index is 0.231. The molecule has 1 rings (SSSR count). The number of nitro groups is 2. The lowest BCUT2D eigenvalue weighted by atomic mass is 10.3. The van der Waals surface area contributed by atoms with Gasteiger partial charge in [-0.25, -0.2) is 0 Å². The lowest BCUT2D eigenvalue weighted by Gasteiger charge is -1.98. The number of hydrogen-bond acceptors (Lipinski definition) is 4. The number of halogens is 2. The minimum atomic E-state index is -0.863. The number of rotatable bonds is 2. The molecule has 0 amide bonds. The van der Waals surface area contributed by atoms with Crippen molar-refractivity contribution in [3.63, 3.8) is 0 Å². The Morgan fingerprint density at radius 3 is 2.07 bits per heavy atom. The van der Waals surface area contributed by atoms with Gasteiger partial charge in [0, 0.05) is 6.07 Å². The van der Waals surface area contributed by atoms with Gasteiger partial charge in [-0.3, -0.25) is 20.2 Å². The van der Waals surface area contributed by atoms with Gasteiger partial charge in [-0.2, -0.15) is 0 Å². The van der Waals surface area contributed by atoms with Gasteiger partial charge < -0.3 is 0 Å². The predicted molar refractivity (Wildman–Crippen MR) is 49.8 cm³/mol. The highest BCUT2D eigenvalue weighted by atomic mass is 35.5. The summed E-state index contributed by atoms with van der Waals surface area (Å²) >= 11 is 10.9. The molecule has 0 aromatic heterocycles. The summed E-state index contributed by atoms with van der Waals surface area (Å²) in [5.74, 6) is 0. The molecule has 6 nitrogen and oxygen atoms in total. The van der Waals surface area contributed by atoms with Crippen molar-refractivity contribution in [2.45, 2.75) is 0 Å². The van der Waals surface area contributed by atoms with E-state index >= 15 is 0 Å². The van der Waals surface area contributed by atoms with E-state index in [0.29, 0.717) is 0 Å². The Labute approximate surface area is 87.3 Å². The Hall–Kier alpha value is -1.40. The first kappa shape index (κ1) is 10.7. The molecule has 0 spiro atoms. The van der Waals surface area contributed by atoms with Crippen molar-refractivity contribution in [2.75, 3.05) is 0 Å². The summed E-state index contributed by atoms with van der Waals surface area (Å²) in [6, 6.07) is 2.07. The zero-order valence-corrected chi connectivity index (χ0v) is 7.95. The van der Waals surface area contributed by atoms with Crippen molar-refractivity contribution in [1.82, 2.24) is 0 Å². The summed E-state index contributed by atoms with van der Waals surface area (Å²) in [6.45, 7) is 0. The van der Waals surface area contributed by atoms with Gasteiger partial charge in [-0.15, -0.1) is 0 Å². The van der Waals surface area contributed by atoms with Crippen LogP contribution in [-0.4, -0.2) is 9.85 Å². The monoisotopic (exact) mass is 236 g/mol. The quantitative estimate of drug-likeness (QED) is 0.584. The zero-order valence-electron chi connectivity index (χ0n) is 6.44. The molecule has 0 saturated heterocycles. The molecule has 1 aromatic rings. The van der Waals surface area contributed by atoms with Crippen LogP contribution in [0.3, 0.4) is 0 Å². The second-order valence-electron chi connectivity index (χ2n) is 2.24. The van der Waals surface area contributed by atoms with E-state index in [0.717, 1.165) is 12.1 Å². The molecule has 0 N–H and O–H groups in total. The van der Waals surface area contributed by atoms with Crippen LogP contribution in [0.2, 0.25) is 10.0 Å². The summed E-state index contributed by atoms with van der Waals surface area (Å²) < 4.78 is 0. The second kappa shape index (κ2) is 3.77. The third kappa shape index (κ3) is 1.75. The van der Waals surface area contributed by atoms with Gasteiger partial charge in [0.1, 0.15) is 5.02 Å². The zero-order chi connectivity index (χ0) is 10.9. The van der Waals surface area contributed by atoms with Crippen LogP contribution in [-0.2, 0) is 0 Å². The van der Waals surface area contributed by atoms with Crippen LogP contribution in [0.15, 0.2) is 12.1 Å². The van der Waals surface area contributed by atoms with Gasteiger partial charge in [0.25, 0.3) is 5.69 Å². The predicted octanol–water partition coefficient (Wildman–Crippen LogP) is 2.81. The third-order valence-corrected chi connectivity index (χ3v) is 2.10. The van der Waals surface area contributed by atoms with E-state index < -0.39 is 26.2 Å². The van der Waals surface area contributed by atoms with Crippen LogP contribution >= 0.6 is 23.2 Å². The highest BCUT2D eigenvalue weighted by molar-refractivity contribution is 6.39. The van der Waals surface area contributed by atoms with Gasteiger partial charge in [-0.05, 0) is 6.07 Å². The molecule has 0 radical (unpaired) electrons. The van der Waals surface area contributed by atoms with Crippen LogP contribution in [0.1, 0.15) is 0 Å². The van der Waals surface area contributed by atoms with Gasteiger partial charge in [-0.1, -0.05) is 23.2 Å². The van der Waals surface area contributed by atoms with E-state index in [1.165, 1.54) is 0 Å². The maximum absolute atomic E-state index is 10.4. The first-order chi connectivity index (χ1) is 6.45. The van der Waals surface area contributed by atoms with Crippen molar-refractivity contribution in [1.29, 1.82) is 0 Å². The highest BCUT2D eigenvalue weighted by Gasteiger charge is 2.26. The molecule has 0 heterocycles. The Bertz CT molecular complexity index is 421. The van der Waals surface area contributed by atoms with E-state index in [1.807, 2.05) is 0 Å². The van der Waals surface area contributed by atoms with Gasteiger partial charge >= 0.3 is 5.69 Å². The van der Waals surface area contributed by atoms with Crippen molar-refractivity contribution >= 4 is 34.6 Å². The molecule has 0 bridgehead atoms. The van der Waals surface area contributed by atoms with Crippen LogP contribution in [0.4, 0.5) is 11.4 Å². The van der Waals surface area contributed by atoms with Crippen molar-refractivity contribution < 1.29 is 9.85 Å². The van der Waals surface area contributed by atoms with E-state index in [2.05, 4.69) is 0 Å². The SMILES string of the molecule is O=[N+]([O-])c1ccc(Cl)c([N+](=O)[O-])c1Cl. The summed E-state index contributed by atoms with van der Waals surface area (Å²) in [5.41, 5.74) is -1.19. The highest BCUT2D eigenvalue weighted by Crippen LogP contribution is 2.38. The first-order valence-corrected chi connectivity index (χ1v) is 3.97. The van der Waals surface area contributed by atoms with Crippen LogP contribution < -0.4 is 0 Å². The smallest absolute Gasteiger partial charge is 0.258 e. The minimum Gasteiger partial charge on any atom is -0.258 e. The van der Waals surface area contributed by atoms with Crippen LogP contribution in [0.25, 0.3) is 0 Å².